The summed E-state index contributed by atoms with van der Waals surface area (Å²) in [6, 6.07) is 8.53. The Morgan fingerprint density at radius 3 is 2.81 bits per heavy atom. The number of aromatic nitrogens is 1. The van der Waals surface area contributed by atoms with Crippen LogP contribution in [0.4, 0.5) is 11.4 Å². The van der Waals surface area contributed by atoms with Crippen molar-refractivity contribution in [3.63, 3.8) is 0 Å². The molecule has 10 heteroatoms. The van der Waals surface area contributed by atoms with E-state index in [0.29, 0.717) is 5.56 Å². The van der Waals surface area contributed by atoms with Crippen LogP contribution in [-0.4, -0.2) is 28.4 Å². The van der Waals surface area contributed by atoms with Gasteiger partial charge in [0.2, 0.25) is 0 Å². The van der Waals surface area contributed by atoms with Crippen LogP contribution in [-0.2, 0) is 9.53 Å². The summed E-state index contributed by atoms with van der Waals surface area (Å²) in [5, 5.41) is 13.1. The van der Waals surface area contributed by atoms with Gasteiger partial charge >= 0.3 is 5.97 Å². The fourth-order valence-electron chi connectivity index (χ4n) is 2.10. The number of anilines is 1. The minimum atomic E-state index is -0.648. The molecule has 0 aliphatic carbocycles. The van der Waals surface area contributed by atoms with Crippen LogP contribution in [0.1, 0.15) is 10.4 Å². The summed E-state index contributed by atoms with van der Waals surface area (Å²) < 4.78 is 5.81. The number of rotatable bonds is 5. The van der Waals surface area contributed by atoms with Crippen molar-refractivity contribution in [2.45, 2.75) is 0 Å². The summed E-state index contributed by atoms with van der Waals surface area (Å²) in [7, 11) is 0. The van der Waals surface area contributed by atoms with Crippen molar-refractivity contribution >= 4 is 56.4 Å². The first-order chi connectivity index (χ1) is 12.4. The molecule has 0 fully saturated rings. The summed E-state index contributed by atoms with van der Waals surface area (Å²) >= 11 is 7.28. The van der Waals surface area contributed by atoms with Gasteiger partial charge in [-0.1, -0.05) is 11.6 Å². The highest BCUT2D eigenvalue weighted by Crippen LogP contribution is 2.26. The molecule has 0 radical (unpaired) electrons. The Morgan fingerprint density at radius 2 is 2.08 bits per heavy atom. The van der Waals surface area contributed by atoms with Gasteiger partial charge in [0.1, 0.15) is 0 Å². The molecule has 0 unspecified atom stereocenters. The predicted molar refractivity (Wildman–Crippen MR) is 96.6 cm³/mol. The number of carbonyl (C=O) groups is 2. The molecule has 0 aliphatic heterocycles. The minimum absolute atomic E-state index is 0.00882. The maximum atomic E-state index is 12.0. The standard InChI is InChI=1S/C16H10ClN3O5S/c17-11-6-10(20(23)24)2-4-12(11)19-15(21)7-25-16(22)9-1-3-13-14(5-9)26-8-18-13/h1-6,8H,7H2,(H,19,21). The molecule has 0 spiro atoms. The summed E-state index contributed by atoms with van der Waals surface area (Å²) in [5.74, 6) is -1.27. The lowest BCUT2D eigenvalue weighted by atomic mass is 10.2. The van der Waals surface area contributed by atoms with Crippen molar-refractivity contribution < 1.29 is 19.2 Å². The number of esters is 1. The minimum Gasteiger partial charge on any atom is -0.452 e. The Kier molecular flexibility index (Phi) is 5.10. The van der Waals surface area contributed by atoms with Crippen molar-refractivity contribution in [1.82, 2.24) is 4.98 Å². The lowest BCUT2D eigenvalue weighted by molar-refractivity contribution is -0.384. The highest BCUT2D eigenvalue weighted by atomic mass is 35.5. The Hall–Kier alpha value is -3.04. The molecule has 2 aromatic carbocycles. The van der Waals surface area contributed by atoms with Crippen LogP contribution >= 0.6 is 22.9 Å². The smallest absolute Gasteiger partial charge is 0.338 e. The van der Waals surface area contributed by atoms with Gasteiger partial charge in [-0.3, -0.25) is 14.9 Å². The highest BCUT2D eigenvalue weighted by Gasteiger charge is 2.14. The van der Waals surface area contributed by atoms with Crippen LogP contribution in [0.15, 0.2) is 41.9 Å². The molecule has 0 saturated heterocycles. The van der Waals surface area contributed by atoms with Crippen molar-refractivity contribution in [2.75, 3.05) is 11.9 Å². The molecule has 26 heavy (non-hydrogen) atoms. The average Bonchev–Trinajstić information content (AvgIpc) is 3.09. The first-order valence-electron chi connectivity index (χ1n) is 7.18. The number of hydrogen-bond donors (Lipinski definition) is 1. The molecule has 1 N–H and O–H groups in total. The molecule has 3 rings (SSSR count). The van der Waals surface area contributed by atoms with E-state index in [4.69, 9.17) is 16.3 Å². The molecular weight excluding hydrogens is 382 g/mol. The van der Waals surface area contributed by atoms with Gasteiger partial charge in [-0.25, -0.2) is 9.78 Å². The largest absolute Gasteiger partial charge is 0.452 e. The van der Waals surface area contributed by atoms with E-state index < -0.39 is 23.4 Å². The van der Waals surface area contributed by atoms with Gasteiger partial charge in [-0.05, 0) is 24.3 Å². The number of carbonyl (C=O) groups excluding carboxylic acids is 2. The van der Waals surface area contributed by atoms with Crippen molar-refractivity contribution in [3.05, 3.63) is 62.6 Å². The number of nitro benzene ring substituents is 1. The van der Waals surface area contributed by atoms with Gasteiger partial charge < -0.3 is 10.1 Å². The van der Waals surface area contributed by atoms with Crippen LogP contribution in [0.3, 0.4) is 0 Å². The van der Waals surface area contributed by atoms with Crippen molar-refractivity contribution in [3.8, 4) is 0 Å². The van der Waals surface area contributed by atoms with Gasteiger partial charge in [-0.2, -0.15) is 0 Å². The molecule has 0 saturated carbocycles. The van der Waals surface area contributed by atoms with Crippen LogP contribution in [0.5, 0.6) is 0 Å². The van der Waals surface area contributed by atoms with Gasteiger partial charge in [0, 0.05) is 12.1 Å². The topological polar surface area (TPSA) is 111 Å². The lowest BCUT2D eigenvalue weighted by Crippen LogP contribution is -2.21. The number of hydrogen-bond acceptors (Lipinski definition) is 7. The van der Waals surface area contributed by atoms with E-state index in [1.54, 1.807) is 23.7 Å². The number of thiazole rings is 1. The Morgan fingerprint density at radius 1 is 1.27 bits per heavy atom. The normalized spacial score (nSPS) is 10.5. The number of nitrogens with zero attached hydrogens (tertiary/aromatic N) is 2. The van der Waals surface area contributed by atoms with Gasteiger partial charge in [0.05, 0.1) is 36.9 Å². The number of nitrogens with one attached hydrogen (secondary N) is 1. The number of benzene rings is 2. The average molecular weight is 392 g/mol. The fourth-order valence-corrected chi connectivity index (χ4v) is 3.04. The Bertz CT molecular complexity index is 1020. The second kappa shape index (κ2) is 7.46. The number of non-ortho nitro benzene ring substituents is 1. The van der Waals surface area contributed by atoms with E-state index in [1.165, 1.54) is 23.5 Å². The molecule has 1 aromatic heterocycles. The third kappa shape index (κ3) is 3.95. The molecule has 3 aromatic rings. The van der Waals surface area contributed by atoms with E-state index in [-0.39, 0.29) is 16.4 Å². The lowest BCUT2D eigenvalue weighted by Gasteiger charge is -2.08. The fraction of sp³-hybridized carbons (Fsp3) is 0.0625. The highest BCUT2D eigenvalue weighted by molar-refractivity contribution is 7.16. The van der Waals surface area contributed by atoms with Crippen LogP contribution in [0.2, 0.25) is 5.02 Å². The maximum Gasteiger partial charge on any atom is 0.338 e. The summed E-state index contributed by atoms with van der Waals surface area (Å²) in [6.45, 7) is -0.521. The molecule has 0 atom stereocenters. The molecule has 1 amide bonds. The third-order valence-corrected chi connectivity index (χ3v) is 4.44. The zero-order chi connectivity index (χ0) is 18.7. The van der Waals surface area contributed by atoms with E-state index >= 15 is 0 Å². The number of fused-ring (bicyclic) bond motifs is 1. The van der Waals surface area contributed by atoms with Crippen LogP contribution < -0.4 is 5.32 Å². The second-order valence-corrected chi connectivity index (χ2v) is 6.37. The maximum absolute atomic E-state index is 12.0. The second-order valence-electron chi connectivity index (χ2n) is 5.08. The first kappa shape index (κ1) is 17.8. The quantitative estimate of drug-likeness (QED) is 0.403. The van der Waals surface area contributed by atoms with Crippen molar-refractivity contribution in [2.24, 2.45) is 0 Å². The Balaban J connectivity index is 1.59. The summed E-state index contributed by atoms with van der Waals surface area (Å²) in [5.41, 5.74) is 2.74. The van der Waals surface area contributed by atoms with E-state index in [0.717, 1.165) is 16.3 Å². The van der Waals surface area contributed by atoms with Gasteiger partial charge in [-0.15, -0.1) is 11.3 Å². The Labute approximate surface area is 155 Å². The van der Waals surface area contributed by atoms with E-state index in [2.05, 4.69) is 10.3 Å². The molecular formula is C16H10ClN3O5S. The number of amides is 1. The molecule has 0 aliphatic rings. The monoisotopic (exact) mass is 391 g/mol. The molecule has 132 valence electrons. The SMILES string of the molecule is O=C(COC(=O)c1ccc2ncsc2c1)Nc1ccc([N+](=O)[O-])cc1Cl. The molecule has 8 nitrogen and oxygen atoms in total. The summed E-state index contributed by atoms with van der Waals surface area (Å²) in [4.78, 5) is 38.1. The molecule has 1 heterocycles. The zero-order valence-corrected chi connectivity index (χ0v) is 14.5. The summed E-state index contributed by atoms with van der Waals surface area (Å²) in [6.07, 6.45) is 0. The van der Waals surface area contributed by atoms with Crippen LogP contribution in [0.25, 0.3) is 10.2 Å². The van der Waals surface area contributed by atoms with Gasteiger partial charge in [0.25, 0.3) is 11.6 Å². The predicted octanol–water partition coefficient (Wildman–Crippen LogP) is 3.65. The van der Waals surface area contributed by atoms with Crippen LogP contribution in [0, 0.1) is 10.1 Å². The first-order valence-corrected chi connectivity index (χ1v) is 8.44. The number of halogens is 1. The zero-order valence-electron chi connectivity index (χ0n) is 13.0. The molecule has 0 bridgehead atoms. The number of ether oxygens (including phenoxy) is 1. The van der Waals surface area contributed by atoms with Gasteiger partial charge in [0.15, 0.2) is 6.61 Å². The van der Waals surface area contributed by atoms with E-state index in [9.17, 15) is 19.7 Å². The van der Waals surface area contributed by atoms with Crippen molar-refractivity contribution in [1.29, 1.82) is 0 Å². The third-order valence-electron chi connectivity index (χ3n) is 3.34. The van der Waals surface area contributed by atoms with E-state index in [1.807, 2.05) is 0 Å². The number of nitro groups is 1.